The summed E-state index contributed by atoms with van der Waals surface area (Å²) in [7, 11) is 3.09. The molecule has 0 spiro atoms. The van der Waals surface area contributed by atoms with E-state index in [0.717, 1.165) is 11.1 Å². The molecular weight excluding hydrogens is 458 g/mol. The van der Waals surface area contributed by atoms with E-state index in [-0.39, 0.29) is 12.5 Å². The van der Waals surface area contributed by atoms with E-state index in [2.05, 4.69) is 15.8 Å². The van der Waals surface area contributed by atoms with E-state index in [4.69, 9.17) is 25.8 Å². The fraction of sp³-hybridized carbons (Fsp3) is 0.160. The van der Waals surface area contributed by atoms with E-state index in [1.54, 1.807) is 67.8 Å². The van der Waals surface area contributed by atoms with Crippen LogP contribution >= 0.6 is 11.6 Å². The topological polar surface area (TPSA) is 98.3 Å². The van der Waals surface area contributed by atoms with E-state index in [1.165, 1.54) is 13.3 Å². The third kappa shape index (κ3) is 6.49. The van der Waals surface area contributed by atoms with Crippen LogP contribution in [-0.4, -0.2) is 38.9 Å². The molecule has 0 bridgehead atoms. The fourth-order valence-electron chi connectivity index (χ4n) is 2.93. The van der Waals surface area contributed by atoms with Crippen LogP contribution in [0.15, 0.2) is 65.8 Å². The Morgan fingerprint density at radius 2 is 1.74 bits per heavy atom. The van der Waals surface area contributed by atoms with Crippen molar-refractivity contribution in [2.45, 2.75) is 6.92 Å². The molecule has 0 saturated heterocycles. The number of hydrazone groups is 1. The van der Waals surface area contributed by atoms with Gasteiger partial charge in [-0.2, -0.15) is 5.10 Å². The first kappa shape index (κ1) is 24.6. The van der Waals surface area contributed by atoms with Crippen molar-refractivity contribution >= 4 is 35.3 Å². The minimum absolute atomic E-state index is 0.240. The van der Waals surface area contributed by atoms with E-state index < -0.39 is 5.91 Å². The lowest BCUT2D eigenvalue weighted by Crippen LogP contribution is -2.24. The molecule has 2 amide bonds. The Morgan fingerprint density at radius 1 is 1.00 bits per heavy atom. The number of ether oxygens (including phenoxy) is 3. The number of hydrogen-bond donors (Lipinski definition) is 2. The van der Waals surface area contributed by atoms with Crippen LogP contribution in [0.3, 0.4) is 0 Å². The number of halogens is 1. The Hall–Kier alpha value is -4.04. The minimum Gasteiger partial charge on any atom is -0.493 e. The van der Waals surface area contributed by atoms with Crippen molar-refractivity contribution in [2.75, 3.05) is 26.1 Å². The molecule has 0 aliphatic carbocycles. The number of amides is 2. The van der Waals surface area contributed by atoms with Gasteiger partial charge in [-0.05, 0) is 72.6 Å². The average molecular weight is 482 g/mol. The summed E-state index contributed by atoms with van der Waals surface area (Å²) in [6.07, 6.45) is 1.48. The first-order valence-corrected chi connectivity index (χ1v) is 10.6. The molecule has 3 aromatic rings. The van der Waals surface area contributed by atoms with Crippen LogP contribution in [0, 0.1) is 6.92 Å². The van der Waals surface area contributed by atoms with Gasteiger partial charge in [0.2, 0.25) is 0 Å². The van der Waals surface area contributed by atoms with E-state index in [0.29, 0.717) is 33.5 Å². The summed E-state index contributed by atoms with van der Waals surface area (Å²) in [6, 6.07) is 17.0. The van der Waals surface area contributed by atoms with E-state index >= 15 is 0 Å². The molecule has 0 atom stereocenters. The van der Waals surface area contributed by atoms with Crippen LogP contribution in [-0.2, 0) is 4.79 Å². The first-order chi connectivity index (χ1) is 16.4. The number of carbonyl (C=O) groups excluding carboxylic acids is 2. The summed E-state index contributed by atoms with van der Waals surface area (Å²) >= 11 is 6.09. The fourth-order valence-corrected chi connectivity index (χ4v) is 3.11. The van der Waals surface area contributed by atoms with Crippen molar-refractivity contribution in [3.05, 3.63) is 82.4 Å². The SMILES string of the molecule is COc1ccc(C=NNC(=O)COc2ccc(C(=O)Nc3cccc(Cl)c3C)cc2)cc1OC. The molecule has 0 fully saturated rings. The zero-order valence-corrected chi connectivity index (χ0v) is 19.7. The van der Waals surface area contributed by atoms with Gasteiger partial charge in [0.05, 0.1) is 20.4 Å². The molecule has 2 N–H and O–H groups in total. The highest BCUT2D eigenvalue weighted by atomic mass is 35.5. The smallest absolute Gasteiger partial charge is 0.277 e. The van der Waals surface area contributed by atoms with Gasteiger partial charge < -0.3 is 19.5 Å². The molecule has 3 aromatic carbocycles. The highest BCUT2D eigenvalue weighted by molar-refractivity contribution is 6.31. The van der Waals surface area contributed by atoms with Gasteiger partial charge in [0, 0.05) is 16.3 Å². The summed E-state index contributed by atoms with van der Waals surface area (Å²) in [5.41, 5.74) is 4.99. The minimum atomic E-state index is -0.435. The number of hydrogen-bond acceptors (Lipinski definition) is 6. The molecule has 8 nitrogen and oxygen atoms in total. The van der Waals surface area contributed by atoms with E-state index in [1.807, 2.05) is 6.92 Å². The van der Waals surface area contributed by atoms with Crippen LogP contribution < -0.4 is 25.0 Å². The number of nitrogens with zero attached hydrogens (tertiary/aromatic N) is 1. The molecule has 0 unspecified atom stereocenters. The largest absolute Gasteiger partial charge is 0.493 e. The van der Waals surface area contributed by atoms with Crippen LogP contribution in [0.25, 0.3) is 0 Å². The van der Waals surface area contributed by atoms with E-state index in [9.17, 15) is 9.59 Å². The average Bonchev–Trinajstić information content (AvgIpc) is 2.85. The van der Waals surface area contributed by atoms with Gasteiger partial charge in [0.1, 0.15) is 5.75 Å². The zero-order chi connectivity index (χ0) is 24.5. The van der Waals surface area contributed by atoms with Crippen LogP contribution in [0.1, 0.15) is 21.5 Å². The van der Waals surface area contributed by atoms with Gasteiger partial charge in [0.25, 0.3) is 11.8 Å². The molecule has 3 rings (SSSR count). The number of anilines is 1. The van der Waals surface area contributed by atoms with Crippen LogP contribution in [0.2, 0.25) is 5.02 Å². The third-order valence-electron chi connectivity index (χ3n) is 4.81. The molecule has 0 saturated carbocycles. The molecule has 0 radical (unpaired) electrons. The number of carbonyl (C=O) groups is 2. The van der Waals surface area contributed by atoms with Crippen molar-refractivity contribution in [3.8, 4) is 17.2 Å². The summed E-state index contributed by atoms with van der Waals surface area (Å²) in [4.78, 5) is 24.5. The monoisotopic (exact) mass is 481 g/mol. The molecule has 0 heterocycles. The molecule has 176 valence electrons. The second kappa shape index (κ2) is 11.7. The zero-order valence-electron chi connectivity index (χ0n) is 18.9. The number of nitrogens with one attached hydrogen (secondary N) is 2. The summed E-state index contributed by atoms with van der Waals surface area (Å²) in [5.74, 6) is 0.879. The van der Waals surface area contributed by atoms with Gasteiger partial charge in [-0.15, -0.1) is 0 Å². The normalized spacial score (nSPS) is 10.6. The van der Waals surface area contributed by atoms with Gasteiger partial charge in [-0.25, -0.2) is 5.43 Å². The third-order valence-corrected chi connectivity index (χ3v) is 5.22. The summed E-state index contributed by atoms with van der Waals surface area (Å²) < 4.78 is 15.9. The van der Waals surface area contributed by atoms with Crippen LogP contribution in [0.5, 0.6) is 17.2 Å². The Bertz CT molecular complexity index is 1200. The lowest BCUT2D eigenvalue weighted by Gasteiger charge is -2.10. The maximum atomic E-state index is 12.5. The predicted octanol–water partition coefficient (Wildman–Crippen LogP) is 4.45. The molecule has 34 heavy (non-hydrogen) atoms. The summed E-state index contributed by atoms with van der Waals surface area (Å²) in [5, 5.41) is 7.32. The van der Waals surface area contributed by atoms with Crippen molar-refractivity contribution in [2.24, 2.45) is 5.10 Å². The Kier molecular flexibility index (Phi) is 8.48. The van der Waals surface area contributed by atoms with Gasteiger partial charge >= 0.3 is 0 Å². The van der Waals surface area contributed by atoms with Crippen molar-refractivity contribution in [3.63, 3.8) is 0 Å². The van der Waals surface area contributed by atoms with Gasteiger partial charge in [0.15, 0.2) is 18.1 Å². The maximum Gasteiger partial charge on any atom is 0.277 e. The molecule has 0 aromatic heterocycles. The Labute approximate surface area is 202 Å². The highest BCUT2D eigenvalue weighted by Gasteiger charge is 2.10. The quantitative estimate of drug-likeness (QED) is 0.347. The number of methoxy groups -OCH3 is 2. The lowest BCUT2D eigenvalue weighted by molar-refractivity contribution is -0.123. The Morgan fingerprint density at radius 3 is 2.44 bits per heavy atom. The number of rotatable bonds is 9. The molecule has 0 aliphatic rings. The first-order valence-electron chi connectivity index (χ1n) is 10.2. The highest BCUT2D eigenvalue weighted by Crippen LogP contribution is 2.27. The lowest BCUT2D eigenvalue weighted by atomic mass is 10.1. The Balaban J connectivity index is 1.49. The van der Waals surface area contributed by atoms with Gasteiger partial charge in [-0.1, -0.05) is 17.7 Å². The van der Waals surface area contributed by atoms with Gasteiger partial charge in [-0.3, -0.25) is 9.59 Å². The number of benzene rings is 3. The standard InChI is InChI=1S/C25H24ClN3O5/c1-16-20(26)5-4-6-21(16)28-25(31)18-8-10-19(11-9-18)34-15-24(30)29-27-14-17-7-12-22(32-2)23(13-17)33-3/h4-14H,15H2,1-3H3,(H,28,31)(H,29,30). The second-order valence-corrected chi connectivity index (χ2v) is 7.49. The molecule has 0 aliphatic heterocycles. The van der Waals surface area contributed by atoms with Crippen LogP contribution in [0.4, 0.5) is 5.69 Å². The molecule has 9 heteroatoms. The predicted molar refractivity (Wildman–Crippen MR) is 131 cm³/mol. The van der Waals surface area contributed by atoms with Crippen molar-refractivity contribution < 1.29 is 23.8 Å². The second-order valence-electron chi connectivity index (χ2n) is 7.09. The summed E-state index contributed by atoms with van der Waals surface area (Å²) in [6.45, 7) is 1.59. The van der Waals surface area contributed by atoms with Crippen molar-refractivity contribution in [1.82, 2.24) is 5.43 Å². The molecular formula is C25H24ClN3O5. The maximum absolute atomic E-state index is 12.5. The van der Waals surface area contributed by atoms with Crippen molar-refractivity contribution in [1.29, 1.82) is 0 Å².